The summed E-state index contributed by atoms with van der Waals surface area (Å²) in [6, 6.07) is 15.2. The first-order valence-electron chi connectivity index (χ1n) is 6.13. The molecule has 19 heavy (non-hydrogen) atoms. The van der Waals surface area contributed by atoms with Gasteiger partial charge in [0, 0.05) is 5.69 Å². The minimum atomic E-state index is -0.115. The molecule has 0 heterocycles. The lowest BCUT2D eigenvalue weighted by Crippen LogP contribution is -2.04. The van der Waals surface area contributed by atoms with E-state index in [1.54, 1.807) is 12.1 Å². The highest BCUT2D eigenvalue weighted by atomic mass is 16.5. The van der Waals surface area contributed by atoms with E-state index in [4.69, 9.17) is 15.7 Å². The molecule has 0 spiro atoms. The van der Waals surface area contributed by atoms with Crippen molar-refractivity contribution in [3.8, 4) is 11.8 Å². The van der Waals surface area contributed by atoms with Gasteiger partial charge in [-0.05, 0) is 49.2 Å². The Morgan fingerprint density at radius 2 is 2.00 bits per heavy atom. The van der Waals surface area contributed by atoms with Gasteiger partial charge in [-0.2, -0.15) is 5.26 Å². The Bertz CT molecular complexity index is 629. The zero-order chi connectivity index (χ0) is 13.8. The number of ether oxygens (including phenoxy) is 1. The summed E-state index contributed by atoms with van der Waals surface area (Å²) >= 11 is 0. The van der Waals surface area contributed by atoms with E-state index in [0.717, 1.165) is 22.6 Å². The zero-order valence-corrected chi connectivity index (χ0v) is 11.1. The van der Waals surface area contributed by atoms with Crippen LogP contribution in [0.2, 0.25) is 0 Å². The van der Waals surface area contributed by atoms with Crippen LogP contribution in [0.25, 0.3) is 0 Å². The lowest BCUT2D eigenvalue weighted by Gasteiger charge is -2.17. The maximum absolute atomic E-state index is 8.92. The Labute approximate surface area is 113 Å². The molecule has 96 valence electrons. The van der Waals surface area contributed by atoms with Crippen LogP contribution in [0, 0.1) is 18.3 Å². The van der Waals surface area contributed by atoms with E-state index in [0.29, 0.717) is 5.56 Å². The summed E-state index contributed by atoms with van der Waals surface area (Å²) in [5, 5.41) is 8.92. The van der Waals surface area contributed by atoms with Crippen LogP contribution in [0.1, 0.15) is 29.7 Å². The number of nitriles is 1. The van der Waals surface area contributed by atoms with E-state index in [2.05, 4.69) is 6.07 Å². The van der Waals surface area contributed by atoms with Crippen LogP contribution < -0.4 is 10.5 Å². The van der Waals surface area contributed by atoms with E-state index in [1.165, 1.54) is 0 Å². The molecule has 0 radical (unpaired) electrons. The number of anilines is 1. The normalized spacial score (nSPS) is 11.6. The first kappa shape index (κ1) is 13.0. The fourth-order valence-electron chi connectivity index (χ4n) is 1.87. The van der Waals surface area contributed by atoms with Gasteiger partial charge in [0.25, 0.3) is 0 Å². The van der Waals surface area contributed by atoms with Crippen LogP contribution >= 0.6 is 0 Å². The summed E-state index contributed by atoms with van der Waals surface area (Å²) in [4.78, 5) is 0. The quantitative estimate of drug-likeness (QED) is 0.849. The molecule has 0 saturated carbocycles. The van der Waals surface area contributed by atoms with E-state index < -0.39 is 0 Å². The van der Waals surface area contributed by atoms with E-state index in [-0.39, 0.29) is 6.10 Å². The molecule has 0 aromatic heterocycles. The zero-order valence-electron chi connectivity index (χ0n) is 11.1. The van der Waals surface area contributed by atoms with E-state index in [1.807, 2.05) is 44.2 Å². The maximum Gasteiger partial charge on any atom is 0.124 e. The van der Waals surface area contributed by atoms with Gasteiger partial charge in [0.2, 0.25) is 0 Å². The highest BCUT2D eigenvalue weighted by molar-refractivity contribution is 5.44. The first-order chi connectivity index (χ1) is 9.10. The lowest BCUT2D eigenvalue weighted by molar-refractivity contribution is 0.225. The number of benzene rings is 2. The molecule has 0 amide bonds. The van der Waals surface area contributed by atoms with Gasteiger partial charge in [-0.25, -0.2) is 0 Å². The molecular weight excluding hydrogens is 236 g/mol. The number of nitrogen functional groups attached to an aromatic ring is 1. The summed E-state index contributed by atoms with van der Waals surface area (Å²) < 4.78 is 5.92. The van der Waals surface area contributed by atoms with Crippen molar-refractivity contribution in [2.24, 2.45) is 0 Å². The van der Waals surface area contributed by atoms with Gasteiger partial charge >= 0.3 is 0 Å². The van der Waals surface area contributed by atoms with Crippen LogP contribution in [-0.2, 0) is 0 Å². The summed E-state index contributed by atoms with van der Waals surface area (Å²) in [7, 11) is 0. The minimum absolute atomic E-state index is 0.115. The van der Waals surface area contributed by atoms with Crippen molar-refractivity contribution >= 4 is 5.69 Å². The monoisotopic (exact) mass is 252 g/mol. The molecular formula is C16H16N2O. The molecule has 2 aromatic rings. The molecule has 0 fully saturated rings. The third-order valence-corrected chi connectivity index (χ3v) is 3.00. The second kappa shape index (κ2) is 5.45. The lowest BCUT2D eigenvalue weighted by atomic mass is 10.1. The largest absolute Gasteiger partial charge is 0.486 e. The van der Waals surface area contributed by atoms with Crippen LogP contribution in [-0.4, -0.2) is 0 Å². The van der Waals surface area contributed by atoms with Crippen LogP contribution in [0.5, 0.6) is 5.75 Å². The van der Waals surface area contributed by atoms with Gasteiger partial charge in [0.05, 0.1) is 11.6 Å². The predicted octanol–water partition coefficient (Wildman–Crippen LogP) is 3.59. The number of aryl methyl sites for hydroxylation is 1. The smallest absolute Gasteiger partial charge is 0.124 e. The second-order valence-corrected chi connectivity index (χ2v) is 4.52. The first-order valence-corrected chi connectivity index (χ1v) is 6.13. The average Bonchev–Trinajstić information content (AvgIpc) is 2.41. The highest BCUT2D eigenvalue weighted by Gasteiger charge is 2.10. The Hall–Kier alpha value is -2.47. The molecule has 1 unspecified atom stereocenters. The van der Waals surface area contributed by atoms with Crippen LogP contribution in [0.4, 0.5) is 5.69 Å². The molecule has 0 aliphatic heterocycles. The SMILES string of the molecule is Cc1ccc(C#N)cc1OC(C)c1cccc(N)c1. The third kappa shape index (κ3) is 3.05. The van der Waals surface area contributed by atoms with E-state index in [9.17, 15) is 0 Å². The van der Waals surface area contributed by atoms with Gasteiger partial charge in [0.15, 0.2) is 0 Å². The van der Waals surface area contributed by atoms with E-state index >= 15 is 0 Å². The van der Waals surface area contributed by atoms with Crippen molar-refractivity contribution < 1.29 is 4.74 Å². The van der Waals surface area contributed by atoms with Crippen molar-refractivity contribution in [1.82, 2.24) is 0 Å². The molecule has 0 aliphatic rings. The molecule has 0 aliphatic carbocycles. The molecule has 2 aromatic carbocycles. The van der Waals surface area contributed by atoms with Crippen molar-refractivity contribution in [2.75, 3.05) is 5.73 Å². The summed E-state index contributed by atoms with van der Waals surface area (Å²) in [6.45, 7) is 3.93. The van der Waals surface area contributed by atoms with Crippen molar-refractivity contribution in [3.63, 3.8) is 0 Å². The molecule has 3 nitrogen and oxygen atoms in total. The summed E-state index contributed by atoms with van der Waals surface area (Å²) in [6.07, 6.45) is -0.115. The number of nitrogens with two attached hydrogens (primary N) is 1. The Morgan fingerprint density at radius 3 is 2.68 bits per heavy atom. The van der Waals surface area contributed by atoms with Crippen LogP contribution in [0.3, 0.4) is 0 Å². The third-order valence-electron chi connectivity index (χ3n) is 3.00. The standard InChI is InChI=1S/C16H16N2O/c1-11-6-7-13(10-17)8-16(11)19-12(2)14-4-3-5-15(18)9-14/h3-9,12H,18H2,1-2H3. The average molecular weight is 252 g/mol. The molecule has 0 saturated heterocycles. The maximum atomic E-state index is 8.92. The fraction of sp³-hybridized carbons (Fsp3) is 0.188. The van der Waals surface area contributed by atoms with Gasteiger partial charge in [-0.3, -0.25) is 0 Å². The number of rotatable bonds is 3. The topological polar surface area (TPSA) is 59.0 Å². The van der Waals surface area contributed by atoms with Crippen molar-refractivity contribution in [2.45, 2.75) is 20.0 Å². The molecule has 1 atom stereocenters. The van der Waals surface area contributed by atoms with Gasteiger partial charge in [0.1, 0.15) is 11.9 Å². The van der Waals surface area contributed by atoms with Gasteiger partial charge in [-0.15, -0.1) is 0 Å². The van der Waals surface area contributed by atoms with Crippen molar-refractivity contribution in [3.05, 3.63) is 59.2 Å². The molecule has 2 N–H and O–H groups in total. The summed E-state index contributed by atoms with van der Waals surface area (Å²) in [5.41, 5.74) is 9.11. The van der Waals surface area contributed by atoms with Crippen molar-refractivity contribution in [1.29, 1.82) is 5.26 Å². The molecule has 2 rings (SSSR count). The Balaban J connectivity index is 2.24. The predicted molar refractivity (Wildman–Crippen MR) is 75.8 cm³/mol. The minimum Gasteiger partial charge on any atom is -0.486 e. The number of hydrogen-bond donors (Lipinski definition) is 1. The number of hydrogen-bond acceptors (Lipinski definition) is 3. The fourth-order valence-corrected chi connectivity index (χ4v) is 1.87. The number of nitrogens with zero attached hydrogens (tertiary/aromatic N) is 1. The highest BCUT2D eigenvalue weighted by Crippen LogP contribution is 2.26. The molecule has 3 heteroatoms. The van der Waals surface area contributed by atoms with Gasteiger partial charge < -0.3 is 10.5 Å². The second-order valence-electron chi connectivity index (χ2n) is 4.52. The summed E-state index contributed by atoms with van der Waals surface area (Å²) in [5.74, 6) is 0.731. The van der Waals surface area contributed by atoms with Gasteiger partial charge in [-0.1, -0.05) is 18.2 Å². The van der Waals surface area contributed by atoms with Crippen LogP contribution in [0.15, 0.2) is 42.5 Å². The molecule has 0 bridgehead atoms. The Kier molecular flexibility index (Phi) is 3.72. The Morgan fingerprint density at radius 1 is 1.21 bits per heavy atom.